The summed E-state index contributed by atoms with van der Waals surface area (Å²) >= 11 is 1.26. The second kappa shape index (κ2) is 11.9. The van der Waals surface area contributed by atoms with Gasteiger partial charge in [0.1, 0.15) is 10.1 Å². The van der Waals surface area contributed by atoms with Gasteiger partial charge in [-0.25, -0.2) is 36.5 Å². The lowest BCUT2D eigenvalue weighted by atomic mass is 10.0. The normalized spacial score (nSPS) is 20.5. The van der Waals surface area contributed by atoms with E-state index in [0.717, 1.165) is 0 Å². The quantitative estimate of drug-likeness (QED) is 0.284. The molecule has 0 amide bonds. The van der Waals surface area contributed by atoms with Crippen molar-refractivity contribution in [1.29, 1.82) is 0 Å². The highest BCUT2D eigenvalue weighted by molar-refractivity contribution is 7.93. The maximum Gasteiger partial charge on any atom is 0.262 e. The minimum atomic E-state index is -3.80. The first-order valence-corrected chi connectivity index (χ1v) is 15.3. The van der Waals surface area contributed by atoms with E-state index < -0.39 is 33.1 Å². The molecule has 4 heterocycles. The third kappa shape index (κ3) is 6.80. The summed E-state index contributed by atoms with van der Waals surface area (Å²) in [6.45, 7) is 5.80. The van der Waals surface area contributed by atoms with Gasteiger partial charge in [0.05, 0.1) is 29.5 Å². The highest BCUT2D eigenvalue weighted by Gasteiger charge is 2.36. The molecule has 5 rings (SSSR count). The van der Waals surface area contributed by atoms with Crippen molar-refractivity contribution in [3.05, 3.63) is 53.4 Å². The first kappa shape index (κ1) is 29.2. The van der Waals surface area contributed by atoms with E-state index >= 15 is 4.39 Å². The molecular weight excluding hydrogens is 581 g/mol. The Morgan fingerprint density at radius 1 is 1.32 bits per heavy atom. The van der Waals surface area contributed by atoms with Gasteiger partial charge in [-0.15, -0.1) is 17.9 Å². The monoisotopic (exact) mass is 610 g/mol. The van der Waals surface area contributed by atoms with Crippen LogP contribution in [0.25, 0.3) is 10.6 Å². The molecule has 2 aliphatic heterocycles. The van der Waals surface area contributed by atoms with Crippen LogP contribution in [0.4, 0.5) is 24.8 Å². The van der Waals surface area contributed by atoms with Gasteiger partial charge in [0.2, 0.25) is 21.9 Å². The van der Waals surface area contributed by atoms with Crippen LogP contribution in [0.2, 0.25) is 0 Å². The molecule has 2 aliphatic rings. The van der Waals surface area contributed by atoms with Gasteiger partial charge < -0.3 is 20.1 Å². The predicted molar refractivity (Wildman–Crippen MR) is 150 cm³/mol. The first-order valence-electron chi connectivity index (χ1n) is 12.9. The summed E-state index contributed by atoms with van der Waals surface area (Å²) in [4.78, 5) is 13.5. The Hall–Kier alpha value is -3.27. The van der Waals surface area contributed by atoms with Crippen LogP contribution in [-0.2, 0) is 21.2 Å². The number of aryl methyl sites for hydroxylation is 1. The molecule has 3 N–H and O–H groups in total. The van der Waals surface area contributed by atoms with Crippen molar-refractivity contribution in [2.45, 2.75) is 43.4 Å². The summed E-state index contributed by atoms with van der Waals surface area (Å²) in [5, 5.41) is 5.54. The van der Waals surface area contributed by atoms with E-state index in [1.54, 1.807) is 13.0 Å². The van der Waals surface area contributed by atoms with E-state index in [2.05, 4.69) is 36.9 Å². The molecule has 41 heavy (non-hydrogen) atoms. The summed E-state index contributed by atoms with van der Waals surface area (Å²) in [7, 11) is -3.80. The lowest BCUT2D eigenvalue weighted by Gasteiger charge is -2.30. The molecule has 2 atom stereocenters. The number of thiazole rings is 1. The number of allylic oxidation sites excluding steroid dienone is 1. The van der Waals surface area contributed by atoms with Gasteiger partial charge in [0, 0.05) is 37.4 Å². The molecule has 0 aliphatic carbocycles. The topological polar surface area (TPSA) is 127 Å². The fourth-order valence-electron chi connectivity index (χ4n) is 4.63. The molecule has 220 valence electrons. The number of rotatable bonds is 10. The fraction of sp³-hybridized carbons (Fsp3) is 0.423. The zero-order chi connectivity index (χ0) is 29.2. The van der Waals surface area contributed by atoms with Crippen molar-refractivity contribution in [3.8, 4) is 22.2 Å². The lowest BCUT2D eigenvalue weighted by Crippen LogP contribution is -2.49. The van der Waals surface area contributed by atoms with Crippen LogP contribution >= 0.6 is 11.3 Å². The largest absolute Gasteiger partial charge is 0.434 e. The van der Waals surface area contributed by atoms with E-state index in [-0.39, 0.29) is 54.8 Å². The number of hydrogen-bond acceptors (Lipinski definition) is 10. The minimum absolute atomic E-state index is 0.0427. The second-order valence-corrected chi connectivity index (χ2v) is 13.0. The molecule has 15 heteroatoms. The average molecular weight is 611 g/mol. The summed E-state index contributed by atoms with van der Waals surface area (Å²) in [6.07, 6.45) is 2.99. The van der Waals surface area contributed by atoms with Gasteiger partial charge in [-0.1, -0.05) is 6.08 Å². The molecular formula is C26H29F3N6O4S2. The van der Waals surface area contributed by atoms with Crippen LogP contribution in [0.5, 0.6) is 11.6 Å². The van der Waals surface area contributed by atoms with Crippen LogP contribution in [0.1, 0.15) is 23.4 Å². The zero-order valence-electron chi connectivity index (χ0n) is 22.1. The molecule has 0 radical (unpaired) electrons. The number of benzene rings is 1. The van der Waals surface area contributed by atoms with E-state index in [0.29, 0.717) is 35.2 Å². The van der Waals surface area contributed by atoms with Gasteiger partial charge in [0.25, 0.3) is 5.92 Å². The number of alkyl halides is 2. The molecule has 3 aromatic rings. The van der Waals surface area contributed by atoms with Crippen molar-refractivity contribution < 1.29 is 31.1 Å². The van der Waals surface area contributed by atoms with E-state index in [1.807, 2.05) is 0 Å². The Kier molecular flexibility index (Phi) is 8.50. The maximum absolute atomic E-state index is 15.7. The summed E-state index contributed by atoms with van der Waals surface area (Å²) in [5.74, 6) is -3.52. The smallest absolute Gasteiger partial charge is 0.262 e. The number of hydrogen-bond donors (Lipinski definition) is 3. The van der Waals surface area contributed by atoms with Gasteiger partial charge in [-0.3, -0.25) is 4.72 Å². The highest BCUT2D eigenvalue weighted by atomic mass is 32.2. The Morgan fingerprint density at radius 2 is 2.15 bits per heavy atom. The summed E-state index contributed by atoms with van der Waals surface area (Å²) < 4.78 is 82.5. The number of nitrogens with zero attached hydrogens (tertiary/aromatic N) is 3. The summed E-state index contributed by atoms with van der Waals surface area (Å²) in [5.41, 5.74) is 0.569. The standard InChI is InChI=1S/C26H29F3N6O4S2/c1-3-4-18-19(35-41(36,37)17-8-10-38-13-17)5-6-21(22(18)27)39-24-23(40-15(2)32-24)20-7-9-31-25(34-20)33-16-11-26(28,29)14-30-12-16/h3,5-7,9,16-17,30,35H,1,4,8,10-14H2,2H3,(H,31,33,34)/t16-,17-/m0/s1. The van der Waals surface area contributed by atoms with E-state index in [1.165, 1.54) is 35.7 Å². The molecule has 0 saturated carbocycles. The zero-order valence-corrected chi connectivity index (χ0v) is 23.8. The van der Waals surface area contributed by atoms with Crippen LogP contribution in [0.3, 0.4) is 0 Å². The van der Waals surface area contributed by atoms with Gasteiger partial charge in [-0.2, -0.15) is 0 Å². The Labute approximate surface area is 239 Å². The molecule has 2 saturated heterocycles. The molecule has 2 aromatic heterocycles. The number of aromatic nitrogens is 3. The number of ether oxygens (including phenoxy) is 2. The lowest BCUT2D eigenvalue weighted by molar-refractivity contribution is -0.0244. The Bertz CT molecular complexity index is 1530. The van der Waals surface area contributed by atoms with Crippen LogP contribution in [0.15, 0.2) is 37.1 Å². The van der Waals surface area contributed by atoms with Crippen molar-refractivity contribution in [1.82, 2.24) is 20.3 Å². The van der Waals surface area contributed by atoms with Crippen LogP contribution in [0, 0.1) is 12.7 Å². The molecule has 1 aromatic carbocycles. The highest BCUT2D eigenvalue weighted by Crippen LogP contribution is 2.39. The molecule has 0 unspecified atom stereocenters. The maximum atomic E-state index is 15.7. The number of sulfonamides is 1. The first-order chi connectivity index (χ1) is 19.5. The predicted octanol–water partition coefficient (Wildman–Crippen LogP) is 4.51. The van der Waals surface area contributed by atoms with Crippen molar-refractivity contribution in [2.75, 3.05) is 36.3 Å². The number of anilines is 2. The van der Waals surface area contributed by atoms with Gasteiger partial charge in [0.15, 0.2) is 11.6 Å². The van der Waals surface area contributed by atoms with Crippen LogP contribution in [-0.4, -0.2) is 66.9 Å². The van der Waals surface area contributed by atoms with Crippen LogP contribution < -0.4 is 20.1 Å². The number of halogens is 3. The SMILES string of the molecule is C=CCc1c(NS(=O)(=O)[C@H]2CCOC2)ccc(Oc2nc(C)sc2-c2ccnc(N[C@@H]3CNCC(F)(F)C3)n2)c1F. The average Bonchev–Trinajstić information content (AvgIpc) is 3.58. The third-order valence-corrected chi connectivity index (χ3v) is 9.31. The summed E-state index contributed by atoms with van der Waals surface area (Å²) in [6, 6.07) is 3.81. The molecule has 0 bridgehead atoms. The molecule has 10 nitrogen and oxygen atoms in total. The second-order valence-electron chi connectivity index (χ2n) is 9.80. The van der Waals surface area contributed by atoms with Crippen molar-refractivity contribution in [3.63, 3.8) is 0 Å². The number of nitrogens with one attached hydrogen (secondary N) is 3. The van der Waals surface area contributed by atoms with Crippen molar-refractivity contribution >= 4 is 33.0 Å². The number of piperidine rings is 1. The Balaban J connectivity index is 1.40. The molecule has 0 spiro atoms. The van der Waals surface area contributed by atoms with Gasteiger partial charge >= 0.3 is 0 Å². The molecule has 2 fully saturated rings. The van der Waals surface area contributed by atoms with Gasteiger partial charge in [-0.05, 0) is 38.0 Å². The van der Waals surface area contributed by atoms with E-state index in [4.69, 9.17) is 9.47 Å². The fourth-order valence-corrected chi connectivity index (χ4v) is 6.79. The van der Waals surface area contributed by atoms with E-state index in [9.17, 15) is 17.2 Å². The van der Waals surface area contributed by atoms with Crippen molar-refractivity contribution in [2.24, 2.45) is 0 Å². The Morgan fingerprint density at radius 3 is 2.88 bits per heavy atom. The minimum Gasteiger partial charge on any atom is -0.434 e. The third-order valence-electron chi connectivity index (χ3n) is 6.59.